The summed E-state index contributed by atoms with van der Waals surface area (Å²) in [6.07, 6.45) is 1.52. The Bertz CT molecular complexity index is 1060. The lowest BCUT2D eigenvalue weighted by Gasteiger charge is -2.10. The molecule has 0 fully saturated rings. The molecule has 1 heterocycles. The predicted octanol–water partition coefficient (Wildman–Crippen LogP) is 2.75. The average molecular weight is 403 g/mol. The van der Waals surface area contributed by atoms with Gasteiger partial charge in [0, 0.05) is 24.2 Å². The molecule has 7 nitrogen and oxygen atoms in total. The van der Waals surface area contributed by atoms with Crippen LogP contribution >= 0.6 is 0 Å². The van der Waals surface area contributed by atoms with E-state index in [-0.39, 0.29) is 18.1 Å². The summed E-state index contributed by atoms with van der Waals surface area (Å²) in [6.45, 7) is 4.78. The van der Waals surface area contributed by atoms with Crippen LogP contribution in [0.1, 0.15) is 57.4 Å². The van der Waals surface area contributed by atoms with E-state index in [1.807, 2.05) is 12.1 Å². The van der Waals surface area contributed by atoms with Crippen LogP contribution in [0.2, 0.25) is 0 Å². The van der Waals surface area contributed by atoms with E-state index in [1.165, 1.54) is 11.8 Å². The van der Waals surface area contributed by atoms with Gasteiger partial charge in [-0.05, 0) is 29.2 Å². The van der Waals surface area contributed by atoms with Crippen molar-refractivity contribution in [3.05, 3.63) is 82.8 Å². The van der Waals surface area contributed by atoms with Gasteiger partial charge in [-0.2, -0.15) is 0 Å². The molecule has 0 unspecified atom stereocenters. The second-order valence-electron chi connectivity index (χ2n) is 7.28. The molecule has 3 aromatic rings. The standard InChI is InChI=1S/C23H25N5O2/c1-14(2)16-8-6-15(7-9-16)12-27-23(30)18-5-3-4-17(10-18)20-13-26-19(11-24)21(28-20)22(25)29/h3-10,13-14H,11-12,24H2,1-2H3,(H2,25,29)(H,27,30). The highest BCUT2D eigenvalue weighted by molar-refractivity contribution is 5.95. The first-order valence-corrected chi connectivity index (χ1v) is 9.72. The first-order valence-electron chi connectivity index (χ1n) is 9.72. The minimum absolute atomic E-state index is 0.0368. The lowest BCUT2D eigenvalue weighted by molar-refractivity contribution is 0.0949. The fourth-order valence-corrected chi connectivity index (χ4v) is 3.02. The lowest BCUT2D eigenvalue weighted by atomic mass is 10.0. The maximum Gasteiger partial charge on any atom is 0.269 e. The van der Waals surface area contributed by atoms with Crippen molar-refractivity contribution in [2.75, 3.05) is 0 Å². The van der Waals surface area contributed by atoms with Crippen molar-refractivity contribution in [3.8, 4) is 11.3 Å². The highest BCUT2D eigenvalue weighted by Gasteiger charge is 2.14. The number of nitrogens with two attached hydrogens (primary N) is 2. The molecule has 0 aliphatic carbocycles. The molecule has 0 bridgehead atoms. The summed E-state index contributed by atoms with van der Waals surface area (Å²) >= 11 is 0. The van der Waals surface area contributed by atoms with Crippen LogP contribution in [-0.4, -0.2) is 21.8 Å². The van der Waals surface area contributed by atoms with Crippen LogP contribution in [0, 0.1) is 0 Å². The summed E-state index contributed by atoms with van der Waals surface area (Å²) in [5.41, 5.74) is 15.2. The Morgan fingerprint density at radius 1 is 1.10 bits per heavy atom. The Hall–Kier alpha value is -3.58. The zero-order chi connectivity index (χ0) is 21.7. The SMILES string of the molecule is CC(C)c1ccc(CNC(=O)c2cccc(-c3cnc(CN)c(C(N)=O)n3)c2)cc1. The molecule has 154 valence electrons. The third-order valence-electron chi connectivity index (χ3n) is 4.79. The van der Waals surface area contributed by atoms with Gasteiger partial charge in [-0.3, -0.25) is 14.6 Å². The van der Waals surface area contributed by atoms with Crippen LogP contribution in [0.4, 0.5) is 0 Å². The van der Waals surface area contributed by atoms with Gasteiger partial charge in [0.2, 0.25) is 0 Å². The van der Waals surface area contributed by atoms with Crippen molar-refractivity contribution < 1.29 is 9.59 Å². The van der Waals surface area contributed by atoms with Gasteiger partial charge < -0.3 is 16.8 Å². The van der Waals surface area contributed by atoms with Gasteiger partial charge >= 0.3 is 0 Å². The average Bonchev–Trinajstić information content (AvgIpc) is 2.77. The molecular weight excluding hydrogens is 378 g/mol. The van der Waals surface area contributed by atoms with E-state index in [1.54, 1.807) is 24.3 Å². The lowest BCUT2D eigenvalue weighted by Crippen LogP contribution is -2.22. The Morgan fingerprint density at radius 2 is 1.83 bits per heavy atom. The number of nitrogens with zero attached hydrogens (tertiary/aromatic N) is 2. The minimum Gasteiger partial charge on any atom is -0.364 e. The second-order valence-corrected chi connectivity index (χ2v) is 7.28. The van der Waals surface area contributed by atoms with Gasteiger partial charge in [-0.1, -0.05) is 50.2 Å². The summed E-state index contributed by atoms with van der Waals surface area (Å²) in [4.78, 5) is 32.7. The molecule has 0 aliphatic heterocycles. The number of carbonyl (C=O) groups is 2. The molecule has 2 amide bonds. The van der Waals surface area contributed by atoms with Gasteiger partial charge in [0.1, 0.15) is 0 Å². The minimum atomic E-state index is -0.692. The molecule has 30 heavy (non-hydrogen) atoms. The van der Waals surface area contributed by atoms with E-state index in [2.05, 4.69) is 41.3 Å². The first kappa shape index (κ1) is 21.1. The van der Waals surface area contributed by atoms with E-state index in [0.29, 0.717) is 35.0 Å². The topological polar surface area (TPSA) is 124 Å². The van der Waals surface area contributed by atoms with Crippen LogP contribution in [0.25, 0.3) is 11.3 Å². The number of hydrogen-bond acceptors (Lipinski definition) is 5. The van der Waals surface area contributed by atoms with Crippen LogP contribution in [0.15, 0.2) is 54.7 Å². The van der Waals surface area contributed by atoms with Gasteiger partial charge in [0.25, 0.3) is 11.8 Å². The highest BCUT2D eigenvalue weighted by atomic mass is 16.2. The molecular formula is C23H25N5O2. The smallest absolute Gasteiger partial charge is 0.269 e. The van der Waals surface area contributed by atoms with Gasteiger partial charge in [0.05, 0.1) is 17.6 Å². The third kappa shape index (κ3) is 4.87. The van der Waals surface area contributed by atoms with Crippen LogP contribution in [0.5, 0.6) is 0 Å². The van der Waals surface area contributed by atoms with E-state index in [9.17, 15) is 9.59 Å². The maximum absolute atomic E-state index is 12.6. The number of primary amides is 1. The first-order chi connectivity index (χ1) is 14.4. The molecule has 0 saturated heterocycles. The summed E-state index contributed by atoms with van der Waals surface area (Å²) in [5, 5.41) is 2.92. The molecule has 0 radical (unpaired) electrons. The molecule has 0 spiro atoms. The van der Waals surface area contributed by atoms with Crippen LogP contribution < -0.4 is 16.8 Å². The fourth-order valence-electron chi connectivity index (χ4n) is 3.02. The molecule has 1 aromatic heterocycles. The number of rotatable bonds is 7. The fraction of sp³-hybridized carbons (Fsp3) is 0.217. The summed E-state index contributed by atoms with van der Waals surface area (Å²) in [6, 6.07) is 15.2. The second kappa shape index (κ2) is 9.28. The van der Waals surface area contributed by atoms with Crippen molar-refractivity contribution >= 4 is 11.8 Å². The van der Waals surface area contributed by atoms with Gasteiger partial charge in [-0.15, -0.1) is 0 Å². The highest BCUT2D eigenvalue weighted by Crippen LogP contribution is 2.19. The molecule has 2 aromatic carbocycles. The quantitative estimate of drug-likeness (QED) is 0.559. The Balaban J connectivity index is 1.75. The molecule has 7 heteroatoms. The third-order valence-corrected chi connectivity index (χ3v) is 4.79. The van der Waals surface area contributed by atoms with Gasteiger partial charge in [-0.25, -0.2) is 4.98 Å². The Kier molecular flexibility index (Phi) is 6.54. The molecule has 0 saturated carbocycles. The number of carbonyl (C=O) groups excluding carboxylic acids is 2. The van der Waals surface area contributed by atoms with Crippen LogP contribution in [0.3, 0.4) is 0 Å². The molecule has 0 atom stereocenters. The largest absolute Gasteiger partial charge is 0.364 e. The van der Waals surface area contributed by atoms with Crippen molar-refractivity contribution in [2.24, 2.45) is 11.5 Å². The van der Waals surface area contributed by atoms with E-state index in [0.717, 1.165) is 5.56 Å². The zero-order valence-corrected chi connectivity index (χ0v) is 17.1. The number of benzene rings is 2. The van der Waals surface area contributed by atoms with Crippen molar-refractivity contribution in [1.29, 1.82) is 0 Å². The number of aromatic nitrogens is 2. The summed E-state index contributed by atoms with van der Waals surface area (Å²) in [7, 11) is 0. The van der Waals surface area contributed by atoms with Gasteiger partial charge in [0.15, 0.2) is 5.69 Å². The number of nitrogens with one attached hydrogen (secondary N) is 1. The Morgan fingerprint density at radius 3 is 2.47 bits per heavy atom. The van der Waals surface area contributed by atoms with E-state index in [4.69, 9.17) is 11.5 Å². The Labute approximate surface area is 175 Å². The predicted molar refractivity (Wildman–Crippen MR) is 116 cm³/mol. The van der Waals surface area contributed by atoms with Crippen molar-refractivity contribution in [2.45, 2.75) is 32.9 Å². The number of hydrogen-bond donors (Lipinski definition) is 3. The molecule has 0 aliphatic rings. The van der Waals surface area contributed by atoms with E-state index < -0.39 is 5.91 Å². The maximum atomic E-state index is 12.6. The normalized spacial score (nSPS) is 10.8. The zero-order valence-electron chi connectivity index (χ0n) is 17.1. The summed E-state index contributed by atoms with van der Waals surface area (Å²) in [5.74, 6) is -0.429. The van der Waals surface area contributed by atoms with Crippen LogP contribution in [-0.2, 0) is 13.1 Å². The van der Waals surface area contributed by atoms with Crippen molar-refractivity contribution in [3.63, 3.8) is 0 Å². The number of amides is 2. The monoisotopic (exact) mass is 403 g/mol. The van der Waals surface area contributed by atoms with Crippen molar-refractivity contribution in [1.82, 2.24) is 15.3 Å². The summed E-state index contributed by atoms with van der Waals surface area (Å²) < 4.78 is 0. The molecule has 3 rings (SSSR count). The molecule has 5 N–H and O–H groups in total. The van der Waals surface area contributed by atoms with E-state index >= 15 is 0 Å².